The Morgan fingerprint density at radius 2 is 2.29 bits per heavy atom. The molecule has 0 spiro atoms. The molecule has 0 fully saturated rings. The maximum absolute atomic E-state index is 13.0. The fraction of sp³-hybridized carbons (Fsp3) is 0.368. The molecule has 1 aliphatic carbocycles. The van der Waals surface area contributed by atoms with Crippen LogP contribution in [-0.4, -0.2) is 36.8 Å². The topological polar surface area (TPSA) is 77.1 Å². The Hall–Kier alpha value is -2.39. The number of hydrogen-bond donors (Lipinski definition) is 0. The number of nitrogens with zero attached hydrogens (tertiary/aromatic N) is 5. The van der Waals surface area contributed by atoms with Gasteiger partial charge in [0.25, 0.3) is 0 Å². The lowest BCUT2D eigenvalue weighted by atomic mass is 10.0. The number of thiophene rings is 1. The van der Waals surface area contributed by atoms with E-state index in [4.69, 9.17) is 4.42 Å². The Morgan fingerprint density at radius 1 is 1.32 bits per heavy atom. The van der Waals surface area contributed by atoms with E-state index in [0.717, 1.165) is 30.7 Å². The van der Waals surface area contributed by atoms with Gasteiger partial charge in [-0.2, -0.15) is 0 Å². The Morgan fingerprint density at radius 3 is 3.04 bits per heavy atom. The van der Waals surface area contributed by atoms with Crippen molar-refractivity contribution in [1.29, 1.82) is 0 Å². The van der Waals surface area contributed by atoms with Gasteiger partial charge in [0.05, 0.1) is 25.1 Å². The minimum absolute atomic E-state index is 0.0419. The predicted octanol–water partition coefficient (Wildman–Crippen LogP) is 3.95. The quantitative estimate of drug-likeness (QED) is 0.519. The van der Waals surface area contributed by atoms with Crippen LogP contribution in [0, 0.1) is 0 Å². The van der Waals surface area contributed by atoms with Crippen molar-refractivity contribution >= 4 is 29.0 Å². The maximum Gasteiger partial charge on any atom is 0.237 e. The lowest BCUT2D eigenvalue weighted by molar-refractivity contribution is -0.127. The molecule has 146 valence electrons. The molecular weight excluding hydrogens is 394 g/mol. The first-order valence-electron chi connectivity index (χ1n) is 9.23. The van der Waals surface area contributed by atoms with Gasteiger partial charge < -0.3 is 9.32 Å². The van der Waals surface area contributed by atoms with Crippen molar-refractivity contribution in [3.05, 3.63) is 58.3 Å². The van der Waals surface area contributed by atoms with Gasteiger partial charge in [0.1, 0.15) is 5.76 Å². The molecule has 4 rings (SSSR count). The summed E-state index contributed by atoms with van der Waals surface area (Å²) in [5, 5.41) is 14.6. The van der Waals surface area contributed by atoms with Gasteiger partial charge >= 0.3 is 0 Å². The van der Waals surface area contributed by atoms with Crippen molar-refractivity contribution in [1.82, 2.24) is 25.1 Å². The summed E-state index contributed by atoms with van der Waals surface area (Å²) in [6, 6.07) is 7.80. The number of hydrogen-bond acceptors (Lipinski definition) is 7. The van der Waals surface area contributed by atoms with Crippen LogP contribution in [0.1, 0.15) is 36.3 Å². The molecule has 9 heteroatoms. The van der Waals surface area contributed by atoms with E-state index in [1.807, 2.05) is 34.5 Å². The van der Waals surface area contributed by atoms with Crippen LogP contribution >= 0.6 is 23.1 Å². The number of carbonyl (C=O) groups excluding carboxylic acids is 1. The summed E-state index contributed by atoms with van der Waals surface area (Å²) in [5.74, 6) is 1.11. The molecule has 0 aromatic carbocycles. The van der Waals surface area contributed by atoms with Gasteiger partial charge in [-0.1, -0.05) is 23.9 Å². The number of aromatic nitrogens is 4. The highest BCUT2D eigenvalue weighted by atomic mass is 32.2. The first-order chi connectivity index (χ1) is 13.8. The van der Waals surface area contributed by atoms with Crippen LogP contribution in [0.4, 0.5) is 0 Å². The van der Waals surface area contributed by atoms with E-state index >= 15 is 0 Å². The van der Waals surface area contributed by atoms with Crippen molar-refractivity contribution in [2.24, 2.45) is 0 Å². The molecule has 0 unspecified atom stereocenters. The zero-order valence-electron chi connectivity index (χ0n) is 15.4. The average molecular weight is 416 g/mol. The molecule has 7 nitrogen and oxygen atoms in total. The van der Waals surface area contributed by atoms with Crippen LogP contribution in [0.5, 0.6) is 0 Å². The molecule has 0 saturated heterocycles. The summed E-state index contributed by atoms with van der Waals surface area (Å²) in [6.07, 6.45) is 8.05. The number of rotatable bonds is 8. The number of allylic oxidation sites excluding steroid dienone is 2. The molecule has 0 N–H and O–H groups in total. The number of amides is 1. The van der Waals surface area contributed by atoms with Crippen LogP contribution in [-0.2, 0) is 17.9 Å². The van der Waals surface area contributed by atoms with E-state index in [1.165, 1.54) is 23.1 Å². The van der Waals surface area contributed by atoms with Gasteiger partial charge in [0.2, 0.25) is 11.1 Å². The third-order valence-electron chi connectivity index (χ3n) is 4.52. The minimum atomic E-state index is 0.0419. The Labute approximate surface area is 171 Å². The van der Waals surface area contributed by atoms with Gasteiger partial charge in [0, 0.05) is 10.6 Å². The summed E-state index contributed by atoms with van der Waals surface area (Å²) in [6.45, 7) is 1.07. The monoisotopic (exact) mass is 415 g/mol. The summed E-state index contributed by atoms with van der Waals surface area (Å²) in [7, 11) is 0. The summed E-state index contributed by atoms with van der Waals surface area (Å²) in [5.41, 5.74) is 1.09. The fourth-order valence-corrected chi connectivity index (χ4v) is 4.57. The standard InChI is InChI=1S/C19H21N5O2S2/c25-18(14-28-19-20-21-22-24(19)13-17-9-5-11-27-17)23(12-16-8-4-10-26-16)15-6-2-1-3-7-15/h4-6,8-11H,1-3,7,12-14H2. The number of carbonyl (C=O) groups is 1. The molecule has 0 bridgehead atoms. The van der Waals surface area contributed by atoms with Gasteiger partial charge in [-0.3, -0.25) is 4.79 Å². The lowest BCUT2D eigenvalue weighted by Crippen LogP contribution is -2.32. The maximum atomic E-state index is 13.0. The fourth-order valence-electron chi connectivity index (χ4n) is 3.13. The van der Waals surface area contributed by atoms with Crippen molar-refractivity contribution in [2.45, 2.75) is 43.9 Å². The summed E-state index contributed by atoms with van der Waals surface area (Å²) < 4.78 is 7.21. The first kappa shape index (κ1) is 18.9. The highest BCUT2D eigenvalue weighted by Crippen LogP contribution is 2.25. The van der Waals surface area contributed by atoms with Crippen molar-refractivity contribution in [3.63, 3.8) is 0 Å². The molecule has 3 aromatic heterocycles. The molecule has 28 heavy (non-hydrogen) atoms. The number of furan rings is 1. The zero-order chi connectivity index (χ0) is 19.2. The van der Waals surface area contributed by atoms with Crippen molar-refractivity contribution in [3.8, 4) is 0 Å². The SMILES string of the molecule is O=C(CSc1nnnn1Cc1cccs1)N(Cc1ccco1)C1=CCCCC1. The van der Waals surface area contributed by atoms with Crippen LogP contribution in [0.2, 0.25) is 0 Å². The Bertz CT molecular complexity index is 918. The normalized spacial score (nSPS) is 14.1. The van der Waals surface area contributed by atoms with Crippen LogP contribution in [0.3, 0.4) is 0 Å². The summed E-state index contributed by atoms with van der Waals surface area (Å²) in [4.78, 5) is 16.1. The highest BCUT2D eigenvalue weighted by molar-refractivity contribution is 7.99. The van der Waals surface area contributed by atoms with E-state index in [2.05, 4.69) is 21.6 Å². The third kappa shape index (κ3) is 4.71. The van der Waals surface area contributed by atoms with E-state index in [9.17, 15) is 4.79 Å². The van der Waals surface area contributed by atoms with Gasteiger partial charge in [-0.05, 0) is 59.7 Å². The Balaban J connectivity index is 1.43. The van der Waals surface area contributed by atoms with Crippen LogP contribution in [0.25, 0.3) is 0 Å². The first-order valence-corrected chi connectivity index (χ1v) is 11.1. The second-order valence-electron chi connectivity index (χ2n) is 6.49. The van der Waals surface area contributed by atoms with Crippen molar-refractivity contribution < 1.29 is 9.21 Å². The van der Waals surface area contributed by atoms with E-state index in [0.29, 0.717) is 18.2 Å². The van der Waals surface area contributed by atoms with Crippen LogP contribution in [0.15, 0.2) is 57.3 Å². The zero-order valence-corrected chi connectivity index (χ0v) is 17.0. The molecule has 0 atom stereocenters. The molecule has 3 aromatic rings. The van der Waals surface area contributed by atoms with Crippen LogP contribution < -0.4 is 0 Å². The number of thioether (sulfide) groups is 1. The average Bonchev–Trinajstić information content (AvgIpc) is 3.49. The molecule has 3 heterocycles. The second-order valence-corrected chi connectivity index (χ2v) is 8.46. The predicted molar refractivity (Wildman–Crippen MR) is 108 cm³/mol. The molecule has 0 aliphatic heterocycles. The molecule has 1 aliphatic rings. The Kier molecular flexibility index (Phi) is 6.23. The smallest absolute Gasteiger partial charge is 0.237 e. The molecule has 0 saturated carbocycles. The molecule has 1 amide bonds. The molecular formula is C19H21N5O2S2. The van der Waals surface area contributed by atoms with E-state index in [1.54, 1.807) is 22.3 Å². The largest absolute Gasteiger partial charge is 0.467 e. The third-order valence-corrected chi connectivity index (χ3v) is 6.32. The highest BCUT2D eigenvalue weighted by Gasteiger charge is 2.22. The lowest BCUT2D eigenvalue weighted by Gasteiger charge is -2.27. The van der Waals surface area contributed by atoms with E-state index in [-0.39, 0.29) is 11.7 Å². The molecule has 0 radical (unpaired) electrons. The van der Waals surface area contributed by atoms with Gasteiger partial charge in [0.15, 0.2) is 0 Å². The summed E-state index contributed by atoms with van der Waals surface area (Å²) >= 11 is 3.03. The van der Waals surface area contributed by atoms with Crippen molar-refractivity contribution in [2.75, 3.05) is 5.75 Å². The van der Waals surface area contributed by atoms with E-state index < -0.39 is 0 Å². The van der Waals surface area contributed by atoms with Gasteiger partial charge in [-0.25, -0.2) is 4.68 Å². The minimum Gasteiger partial charge on any atom is -0.467 e. The number of tetrazole rings is 1. The van der Waals surface area contributed by atoms with Gasteiger partial charge in [-0.15, -0.1) is 16.4 Å². The second kappa shape index (κ2) is 9.20.